The molecule has 2 amide bonds. The van der Waals surface area contributed by atoms with Gasteiger partial charge in [-0.1, -0.05) is 54.4 Å². The van der Waals surface area contributed by atoms with E-state index in [1.54, 1.807) is 51.1 Å². The van der Waals surface area contributed by atoms with Crippen molar-refractivity contribution in [1.82, 2.24) is 10.2 Å². The van der Waals surface area contributed by atoms with Gasteiger partial charge in [-0.2, -0.15) is 0 Å². The highest BCUT2D eigenvalue weighted by Crippen LogP contribution is 2.28. The number of hydrogen-bond donors (Lipinski definition) is 1. The second-order valence-corrected chi connectivity index (χ2v) is 11.0. The minimum atomic E-state index is -3.79. The van der Waals surface area contributed by atoms with E-state index in [1.165, 1.54) is 4.90 Å². The van der Waals surface area contributed by atoms with Crippen molar-refractivity contribution in [3.8, 4) is 0 Å². The third kappa shape index (κ3) is 7.10. The molecule has 1 atom stereocenters. The van der Waals surface area contributed by atoms with Crippen LogP contribution < -0.4 is 9.62 Å². The fraction of sp³-hybridized carbons (Fsp3) is 0.417. The maximum absolute atomic E-state index is 13.6. The Labute approximate surface area is 212 Å². The highest BCUT2D eigenvalue weighted by molar-refractivity contribution is 7.92. The van der Waals surface area contributed by atoms with Crippen LogP contribution in [0.4, 0.5) is 5.69 Å². The van der Waals surface area contributed by atoms with Crippen molar-refractivity contribution in [3.63, 3.8) is 0 Å². The van der Waals surface area contributed by atoms with Gasteiger partial charge in [0, 0.05) is 13.1 Å². The Hall–Kier alpha value is -2.29. The van der Waals surface area contributed by atoms with Crippen molar-refractivity contribution in [2.45, 2.75) is 46.7 Å². The number of hydrogen-bond acceptors (Lipinski definition) is 4. The average molecular weight is 529 g/mol. The molecule has 2 rings (SSSR count). The summed E-state index contributed by atoms with van der Waals surface area (Å²) in [7, 11) is -3.79. The van der Waals surface area contributed by atoms with Crippen LogP contribution in [0.3, 0.4) is 0 Å². The average Bonchev–Trinajstić information content (AvgIpc) is 2.76. The zero-order valence-electron chi connectivity index (χ0n) is 20.1. The van der Waals surface area contributed by atoms with Crippen molar-refractivity contribution in [1.29, 1.82) is 0 Å². The number of carbonyl (C=O) groups is 2. The van der Waals surface area contributed by atoms with Crippen LogP contribution in [0.5, 0.6) is 0 Å². The maximum Gasteiger partial charge on any atom is 0.244 e. The minimum absolute atomic E-state index is 0.0563. The zero-order chi connectivity index (χ0) is 25.6. The molecule has 0 fully saturated rings. The first-order valence-electron chi connectivity index (χ1n) is 10.9. The molecule has 0 heterocycles. The highest BCUT2D eigenvalue weighted by atomic mass is 35.5. The Kier molecular flexibility index (Phi) is 9.79. The second kappa shape index (κ2) is 11.9. The molecule has 0 spiro atoms. The van der Waals surface area contributed by atoms with E-state index in [0.29, 0.717) is 27.8 Å². The van der Waals surface area contributed by atoms with Gasteiger partial charge < -0.3 is 10.2 Å². The van der Waals surface area contributed by atoms with E-state index < -0.39 is 28.5 Å². The van der Waals surface area contributed by atoms with Gasteiger partial charge in [0.15, 0.2) is 0 Å². The van der Waals surface area contributed by atoms with Crippen LogP contribution in [0.25, 0.3) is 0 Å². The number of anilines is 1. The molecule has 186 valence electrons. The van der Waals surface area contributed by atoms with Crippen molar-refractivity contribution in [2.75, 3.05) is 23.7 Å². The van der Waals surface area contributed by atoms with Crippen molar-refractivity contribution in [2.24, 2.45) is 0 Å². The van der Waals surface area contributed by atoms with Crippen LogP contribution in [0.1, 0.15) is 37.0 Å². The molecule has 0 aliphatic carbocycles. The second-order valence-electron chi connectivity index (χ2n) is 8.25. The van der Waals surface area contributed by atoms with Crippen LogP contribution in [0, 0.1) is 13.8 Å². The fourth-order valence-corrected chi connectivity index (χ4v) is 4.87. The number of benzene rings is 2. The lowest BCUT2D eigenvalue weighted by Gasteiger charge is -2.32. The lowest BCUT2D eigenvalue weighted by molar-refractivity contribution is -0.139. The predicted molar refractivity (Wildman–Crippen MR) is 138 cm³/mol. The third-order valence-corrected chi connectivity index (χ3v) is 7.27. The molecule has 0 saturated carbocycles. The molecule has 0 aliphatic heterocycles. The SMILES string of the molecule is CCCNC(=O)C(C)N(Cc1ccc(Cl)c(Cl)c1)C(=O)CN(c1c(C)cccc1C)S(C)(=O)=O. The van der Waals surface area contributed by atoms with Crippen molar-refractivity contribution >= 4 is 50.7 Å². The number of aryl methyl sites for hydroxylation is 2. The Morgan fingerprint density at radius 3 is 2.21 bits per heavy atom. The number of nitrogens with zero attached hydrogens (tertiary/aromatic N) is 2. The molecule has 2 aromatic carbocycles. The summed E-state index contributed by atoms with van der Waals surface area (Å²) >= 11 is 12.2. The van der Waals surface area contributed by atoms with Gasteiger partial charge in [0.2, 0.25) is 21.8 Å². The molecule has 0 aliphatic rings. The van der Waals surface area contributed by atoms with Gasteiger partial charge in [-0.15, -0.1) is 0 Å². The van der Waals surface area contributed by atoms with Crippen LogP contribution in [0.2, 0.25) is 10.0 Å². The number of amides is 2. The van der Waals surface area contributed by atoms with Crippen LogP contribution >= 0.6 is 23.2 Å². The zero-order valence-corrected chi connectivity index (χ0v) is 22.4. The Morgan fingerprint density at radius 2 is 1.68 bits per heavy atom. The molecule has 10 heteroatoms. The standard InChI is InChI=1S/C24H31Cl2N3O4S/c1-6-12-27-24(31)18(4)28(14-19-10-11-20(25)21(26)13-19)22(30)15-29(34(5,32)33)23-16(2)8-7-9-17(23)3/h7-11,13,18H,6,12,14-15H2,1-5H3,(H,27,31). The number of para-hydroxylation sites is 1. The van der Waals surface area contributed by atoms with Gasteiger partial charge in [0.05, 0.1) is 22.0 Å². The number of sulfonamides is 1. The number of halogens is 2. The van der Waals surface area contributed by atoms with E-state index in [1.807, 2.05) is 13.0 Å². The van der Waals surface area contributed by atoms with Gasteiger partial charge in [0.25, 0.3) is 0 Å². The van der Waals surface area contributed by atoms with E-state index in [0.717, 1.165) is 28.1 Å². The van der Waals surface area contributed by atoms with E-state index in [9.17, 15) is 18.0 Å². The largest absolute Gasteiger partial charge is 0.354 e. The van der Waals surface area contributed by atoms with Gasteiger partial charge in [-0.25, -0.2) is 8.42 Å². The molecule has 1 N–H and O–H groups in total. The summed E-state index contributed by atoms with van der Waals surface area (Å²) in [5.41, 5.74) is 2.57. The minimum Gasteiger partial charge on any atom is -0.354 e. The normalized spacial score (nSPS) is 12.2. The molecule has 0 saturated heterocycles. The monoisotopic (exact) mass is 527 g/mol. The van der Waals surface area contributed by atoms with Crippen LogP contribution in [-0.4, -0.2) is 50.5 Å². The van der Waals surface area contributed by atoms with Gasteiger partial charge >= 0.3 is 0 Å². The van der Waals surface area contributed by atoms with E-state index in [-0.39, 0.29) is 12.5 Å². The fourth-order valence-electron chi connectivity index (χ4n) is 3.59. The lowest BCUT2D eigenvalue weighted by atomic mass is 10.1. The first kappa shape index (κ1) is 28.0. The summed E-state index contributed by atoms with van der Waals surface area (Å²) in [4.78, 5) is 27.6. The molecule has 0 aromatic heterocycles. The smallest absolute Gasteiger partial charge is 0.244 e. The Morgan fingerprint density at radius 1 is 1.06 bits per heavy atom. The van der Waals surface area contributed by atoms with Gasteiger partial charge in [-0.05, 0) is 56.0 Å². The highest BCUT2D eigenvalue weighted by Gasteiger charge is 2.31. The van der Waals surface area contributed by atoms with Gasteiger partial charge in [-0.3, -0.25) is 13.9 Å². The first-order chi connectivity index (χ1) is 15.9. The summed E-state index contributed by atoms with van der Waals surface area (Å²) in [6, 6.07) is 9.52. The maximum atomic E-state index is 13.6. The summed E-state index contributed by atoms with van der Waals surface area (Å²) in [5, 5.41) is 3.49. The molecule has 1 unspecified atom stereocenters. The summed E-state index contributed by atoms with van der Waals surface area (Å²) in [6.45, 7) is 7.20. The first-order valence-corrected chi connectivity index (χ1v) is 13.5. The molecule has 34 heavy (non-hydrogen) atoms. The van der Waals surface area contributed by atoms with Crippen LogP contribution in [-0.2, 0) is 26.2 Å². The Bertz CT molecular complexity index is 1130. The van der Waals surface area contributed by atoms with Crippen molar-refractivity contribution in [3.05, 3.63) is 63.1 Å². The molecular weight excluding hydrogens is 497 g/mol. The Balaban J connectivity index is 2.45. The molecule has 0 radical (unpaired) electrons. The topological polar surface area (TPSA) is 86.8 Å². The van der Waals surface area contributed by atoms with E-state index in [4.69, 9.17) is 23.2 Å². The molecular formula is C24H31Cl2N3O4S. The number of rotatable bonds is 10. The molecule has 2 aromatic rings. The lowest BCUT2D eigenvalue weighted by Crippen LogP contribution is -2.51. The molecule has 7 nitrogen and oxygen atoms in total. The summed E-state index contributed by atoms with van der Waals surface area (Å²) in [6.07, 6.45) is 1.81. The predicted octanol–water partition coefficient (Wildman–Crippen LogP) is 4.32. The quantitative estimate of drug-likeness (QED) is 0.498. The third-order valence-electron chi connectivity index (χ3n) is 5.42. The number of carbonyl (C=O) groups excluding carboxylic acids is 2. The molecule has 0 bridgehead atoms. The number of nitrogens with one attached hydrogen (secondary N) is 1. The van der Waals surface area contributed by atoms with E-state index in [2.05, 4.69) is 5.32 Å². The summed E-state index contributed by atoms with van der Waals surface area (Å²) < 4.78 is 26.5. The van der Waals surface area contributed by atoms with Gasteiger partial charge in [0.1, 0.15) is 12.6 Å². The van der Waals surface area contributed by atoms with Crippen LogP contribution in [0.15, 0.2) is 36.4 Å². The summed E-state index contributed by atoms with van der Waals surface area (Å²) in [5.74, 6) is -0.841. The van der Waals surface area contributed by atoms with E-state index >= 15 is 0 Å². The van der Waals surface area contributed by atoms with Crippen molar-refractivity contribution < 1.29 is 18.0 Å².